The number of nitrogens with one attached hydrogen (secondary N) is 1. The molecule has 1 aliphatic rings. The van der Waals surface area contributed by atoms with Crippen molar-refractivity contribution in [2.24, 2.45) is 0 Å². The summed E-state index contributed by atoms with van der Waals surface area (Å²) in [7, 11) is 1.52. The van der Waals surface area contributed by atoms with E-state index in [4.69, 9.17) is 27.9 Å². The Balaban J connectivity index is 2.49. The number of anilines is 1. The second-order valence-electron chi connectivity index (χ2n) is 3.01. The number of benzene rings is 1. The van der Waals surface area contributed by atoms with Crippen LogP contribution >= 0.6 is 23.2 Å². The zero-order valence-corrected chi connectivity index (χ0v) is 9.06. The van der Waals surface area contributed by atoms with Gasteiger partial charge in [-0.3, -0.25) is 0 Å². The molecule has 0 aliphatic carbocycles. The topological polar surface area (TPSA) is 21.3 Å². The van der Waals surface area contributed by atoms with E-state index in [9.17, 15) is 0 Å². The van der Waals surface area contributed by atoms with Crippen LogP contribution in [0.2, 0.25) is 0 Å². The largest absolute Gasteiger partial charge is 0.343 e. The molecule has 0 saturated heterocycles. The van der Waals surface area contributed by atoms with Crippen LogP contribution in [-0.2, 0) is 4.74 Å². The van der Waals surface area contributed by atoms with Gasteiger partial charge in [0.2, 0.25) is 5.18 Å². The van der Waals surface area contributed by atoms with Crippen molar-refractivity contribution >= 4 is 33.9 Å². The molecule has 0 fully saturated rings. The maximum Gasteiger partial charge on any atom is 0.238 e. The maximum atomic E-state index is 6.09. The Hall–Kier alpha value is -0.700. The van der Waals surface area contributed by atoms with E-state index in [0.717, 1.165) is 11.3 Å². The van der Waals surface area contributed by atoms with E-state index in [0.29, 0.717) is 5.03 Å². The van der Waals surface area contributed by atoms with Gasteiger partial charge < -0.3 is 10.1 Å². The molecular weight excluding hydrogens is 221 g/mol. The first-order chi connectivity index (χ1) is 6.64. The van der Waals surface area contributed by atoms with Gasteiger partial charge in [-0.2, -0.15) is 0 Å². The van der Waals surface area contributed by atoms with E-state index in [1.165, 1.54) is 7.11 Å². The van der Waals surface area contributed by atoms with Crippen LogP contribution in [0, 0.1) is 0 Å². The molecule has 1 aromatic rings. The third-order valence-electron chi connectivity index (χ3n) is 2.10. The normalized spacial score (nSPS) is 24.9. The van der Waals surface area contributed by atoms with Crippen molar-refractivity contribution in [3.63, 3.8) is 0 Å². The molecule has 0 aromatic heterocycles. The molecule has 74 valence electrons. The first kappa shape index (κ1) is 9.84. The number of rotatable bonds is 1. The van der Waals surface area contributed by atoms with Gasteiger partial charge in [0.15, 0.2) is 0 Å². The molecule has 1 unspecified atom stereocenters. The highest BCUT2D eigenvalue weighted by molar-refractivity contribution is 6.50. The van der Waals surface area contributed by atoms with Crippen molar-refractivity contribution in [2.45, 2.75) is 5.18 Å². The first-order valence-electron chi connectivity index (χ1n) is 4.15. The van der Waals surface area contributed by atoms with E-state index < -0.39 is 5.18 Å². The number of fused-ring (bicyclic) bond motifs is 1. The highest BCUT2D eigenvalue weighted by atomic mass is 35.5. The van der Waals surface area contributed by atoms with Crippen molar-refractivity contribution in [1.82, 2.24) is 0 Å². The van der Waals surface area contributed by atoms with Crippen LogP contribution in [0.15, 0.2) is 30.3 Å². The number of halogens is 2. The van der Waals surface area contributed by atoms with Crippen molar-refractivity contribution < 1.29 is 4.74 Å². The summed E-state index contributed by atoms with van der Waals surface area (Å²) in [5.41, 5.74) is 1.80. The van der Waals surface area contributed by atoms with Gasteiger partial charge in [0.05, 0.1) is 5.03 Å². The third kappa shape index (κ3) is 1.61. The van der Waals surface area contributed by atoms with Gasteiger partial charge in [-0.1, -0.05) is 41.4 Å². The van der Waals surface area contributed by atoms with Crippen molar-refractivity contribution in [3.05, 3.63) is 35.9 Å². The summed E-state index contributed by atoms with van der Waals surface area (Å²) < 4.78 is 5.10. The number of alkyl halides is 1. The summed E-state index contributed by atoms with van der Waals surface area (Å²) in [5, 5.41) is 2.59. The summed E-state index contributed by atoms with van der Waals surface area (Å²) in [6, 6.07) is 7.66. The highest BCUT2D eigenvalue weighted by Crippen LogP contribution is 2.37. The van der Waals surface area contributed by atoms with Gasteiger partial charge in [0.1, 0.15) is 0 Å². The van der Waals surface area contributed by atoms with Crippen LogP contribution in [-0.4, -0.2) is 12.3 Å². The first-order valence-corrected chi connectivity index (χ1v) is 4.90. The predicted molar refractivity (Wildman–Crippen MR) is 59.5 cm³/mol. The molecule has 0 spiro atoms. The van der Waals surface area contributed by atoms with Crippen LogP contribution in [0.5, 0.6) is 0 Å². The van der Waals surface area contributed by atoms with Crippen LogP contribution in [0.25, 0.3) is 5.03 Å². The van der Waals surface area contributed by atoms with Crippen LogP contribution in [0.4, 0.5) is 5.69 Å². The molecule has 2 rings (SSSR count). The van der Waals surface area contributed by atoms with Crippen molar-refractivity contribution in [1.29, 1.82) is 0 Å². The minimum atomic E-state index is -1.04. The number of ether oxygens (including phenoxy) is 1. The Morgan fingerprint density at radius 1 is 1.36 bits per heavy atom. The lowest BCUT2D eigenvalue weighted by Gasteiger charge is -2.29. The van der Waals surface area contributed by atoms with Gasteiger partial charge in [-0.25, -0.2) is 0 Å². The van der Waals surface area contributed by atoms with Crippen molar-refractivity contribution in [3.8, 4) is 0 Å². The minimum absolute atomic E-state index is 0.594. The van der Waals surface area contributed by atoms with E-state index in [-0.39, 0.29) is 0 Å². The molecule has 0 bridgehead atoms. The fourth-order valence-corrected chi connectivity index (χ4v) is 1.96. The lowest BCUT2D eigenvalue weighted by atomic mass is 10.1. The quantitative estimate of drug-likeness (QED) is 0.590. The molecule has 1 aliphatic heterocycles. The molecule has 1 atom stereocenters. The number of methoxy groups -OCH3 is 1. The Bertz CT molecular complexity index is 391. The molecule has 14 heavy (non-hydrogen) atoms. The third-order valence-corrected chi connectivity index (χ3v) is 2.77. The molecule has 4 heteroatoms. The summed E-state index contributed by atoms with van der Waals surface area (Å²) in [6.45, 7) is 0. The minimum Gasteiger partial charge on any atom is -0.343 e. The molecule has 0 radical (unpaired) electrons. The number of hydrogen-bond donors (Lipinski definition) is 1. The molecule has 1 heterocycles. The molecule has 1 aromatic carbocycles. The SMILES string of the molecule is COC1(Cl)C=C(Cl)c2ccccc2N1. The van der Waals surface area contributed by atoms with Gasteiger partial charge >= 0.3 is 0 Å². The maximum absolute atomic E-state index is 6.09. The number of para-hydroxylation sites is 1. The van der Waals surface area contributed by atoms with E-state index in [2.05, 4.69) is 5.32 Å². The van der Waals surface area contributed by atoms with Gasteiger partial charge in [0, 0.05) is 24.4 Å². The summed E-state index contributed by atoms with van der Waals surface area (Å²) in [6.07, 6.45) is 1.64. The van der Waals surface area contributed by atoms with E-state index in [1.54, 1.807) is 6.08 Å². The molecule has 1 N–H and O–H groups in total. The lowest BCUT2D eigenvalue weighted by Crippen LogP contribution is -2.34. The standard InChI is InChI=1S/C10H9Cl2NO/c1-14-10(12)6-8(11)7-4-2-3-5-9(7)13-10/h2-6,13H,1H3. The van der Waals surface area contributed by atoms with Crippen molar-refractivity contribution in [2.75, 3.05) is 12.4 Å². The zero-order valence-electron chi connectivity index (χ0n) is 7.55. The lowest BCUT2D eigenvalue weighted by molar-refractivity contribution is 0.128. The van der Waals surface area contributed by atoms with Crippen LogP contribution in [0.1, 0.15) is 5.56 Å². The smallest absolute Gasteiger partial charge is 0.238 e. The zero-order chi connectivity index (χ0) is 10.2. The molecule has 0 saturated carbocycles. The molecule has 2 nitrogen and oxygen atoms in total. The summed E-state index contributed by atoms with van der Waals surface area (Å²) >= 11 is 12.2. The second kappa shape index (κ2) is 3.46. The Morgan fingerprint density at radius 3 is 2.79 bits per heavy atom. The highest BCUT2D eigenvalue weighted by Gasteiger charge is 2.29. The van der Waals surface area contributed by atoms with Gasteiger partial charge in [-0.05, 0) is 6.07 Å². The van der Waals surface area contributed by atoms with Gasteiger partial charge in [-0.15, -0.1) is 0 Å². The second-order valence-corrected chi connectivity index (χ2v) is 3.98. The van der Waals surface area contributed by atoms with Gasteiger partial charge in [0.25, 0.3) is 0 Å². The fourth-order valence-electron chi connectivity index (χ4n) is 1.37. The predicted octanol–water partition coefficient (Wildman–Crippen LogP) is 3.23. The molecule has 0 amide bonds. The monoisotopic (exact) mass is 229 g/mol. The Kier molecular flexibility index (Phi) is 2.43. The number of hydrogen-bond acceptors (Lipinski definition) is 2. The Morgan fingerprint density at radius 2 is 2.07 bits per heavy atom. The van der Waals surface area contributed by atoms with Crippen LogP contribution in [0.3, 0.4) is 0 Å². The fraction of sp³-hybridized carbons (Fsp3) is 0.200. The molecular formula is C10H9Cl2NO. The average molecular weight is 230 g/mol. The van der Waals surface area contributed by atoms with E-state index in [1.807, 2.05) is 24.3 Å². The summed E-state index contributed by atoms with van der Waals surface area (Å²) in [5.74, 6) is 0. The van der Waals surface area contributed by atoms with Crippen LogP contribution < -0.4 is 5.32 Å². The Labute approximate surface area is 92.5 Å². The van der Waals surface area contributed by atoms with E-state index >= 15 is 0 Å². The average Bonchev–Trinajstić information content (AvgIpc) is 2.18. The summed E-state index contributed by atoms with van der Waals surface area (Å²) in [4.78, 5) is 0.